The first kappa shape index (κ1) is 13.7. The molecule has 1 N–H and O–H groups in total. The topological polar surface area (TPSA) is 98.2 Å². The van der Waals surface area contributed by atoms with Crippen molar-refractivity contribution in [2.24, 2.45) is 5.92 Å². The number of aromatic nitrogens is 2. The average Bonchev–Trinajstić information content (AvgIpc) is 2.76. The van der Waals surface area contributed by atoms with Crippen molar-refractivity contribution in [2.45, 2.75) is 6.42 Å². The maximum atomic E-state index is 11.3. The van der Waals surface area contributed by atoms with E-state index in [1.165, 1.54) is 19.5 Å². The third kappa shape index (κ3) is 3.63. The molecule has 1 atom stereocenters. The molecule has 0 aliphatic carbocycles. The highest BCUT2D eigenvalue weighted by Gasteiger charge is 2.27. The normalized spacial score (nSPS) is 21.0. The predicted molar refractivity (Wildman–Crippen MR) is 68.6 cm³/mol. The van der Waals surface area contributed by atoms with E-state index in [0.717, 1.165) is 0 Å². The van der Waals surface area contributed by atoms with Gasteiger partial charge in [0.1, 0.15) is 5.82 Å². The van der Waals surface area contributed by atoms with Gasteiger partial charge in [0.2, 0.25) is 0 Å². The first-order chi connectivity index (χ1) is 9.00. The predicted octanol–water partition coefficient (Wildman–Crippen LogP) is 0.110. The lowest BCUT2D eigenvalue weighted by Crippen LogP contribution is -2.16. The van der Waals surface area contributed by atoms with Crippen molar-refractivity contribution < 1.29 is 17.9 Å². The van der Waals surface area contributed by atoms with E-state index >= 15 is 0 Å². The van der Waals surface area contributed by atoms with Crippen LogP contribution in [0.5, 0.6) is 0 Å². The SMILES string of the molecule is COC(=O)c1cnc(NCC2CCS(=O)(=O)C2)cn1. The molecule has 0 spiro atoms. The molecule has 104 valence electrons. The molecule has 0 aromatic carbocycles. The van der Waals surface area contributed by atoms with Gasteiger partial charge in [-0.2, -0.15) is 0 Å². The fourth-order valence-electron chi connectivity index (χ4n) is 1.91. The van der Waals surface area contributed by atoms with Crippen LogP contribution in [0.25, 0.3) is 0 Å². The number of hydrogen-bond acceptors (Lipinski definition) is 7. The van der Waals surface area contributed by atoms with Crippen LogP contribution < -0.4 is 5.32 Å². The van der Waals surface area contributed by atoms with Crippen molar-refractivity contribution in [3.8, 4) is 0 Å². The Balaban J connectivity index is 1.89. The summed E-state index contributed by atoms with van der Waals surface area (Å²) in [6, 6.07) is 0. The Morgan fingerprint density at radius 2 is 2.26 bits per heavy atom. The van der Waals surface area contributed by atoms with Crippen molar-refractivity contribution in [1.29, 1.82) is 0 Å². The number of ether oxygens (including phenoxy) is 1. The summed E-state index contributed by atoms with van der Waals surface area (Å²) in [5, 5.41) is 3.02. The third-order valence-corrected chi connectivity index (χ3v) is 4.78. The largest absolute Gasteiger partial charge is 0.464 e. The molecule has 2 rings (SSSR count). The number of rotatable bonds is 4. The van der Waals surface area contributed by atoms with E-state index in [2.05, 4.69) is 20.0 Å². The van der Waals surface area contributed by atoms with Gasteiger partial charge in [-0.05, 0) is 12.3 Å². The van der Waals surface area contributed by atoms with Gasteiger partial charge in [-0.1, -0.05) is 0 Å². The molecule has 1 aliphatic heterocycles. The van der Waals surface area contributed by atoms with Crippen LogP contribution in [0.1, 0.15) is 16.9 Å². The van der Waals surface area contributed by atoms with E-state index in [9.17, 15) is 13.2 Å². The lowest BCUT2D eigenvalue weighted by atomic mass is 10.1. The van der Waals surface area contributed by atoms with E-state index in [1.807, 2.05) is 0 Å². The number of carbonyl (C=O) groups excluding carboxylic acids is 1. The minimum atomic E-state index is -2.86. The smallest absolute Gasteiger partial charge is 0.358 e. The van der Waals surface area contributed by atoms with Crippen LogP contribution in [-0.4, -0.2) is 49.5 Å². The Morgan fingerprint density at radius 1 is 1.47 bits per heavy atom. The van der Waals surface area contributed by atoms with Gasteiger partial charge < -0.3 is 10.1 Å². The summed E-state index contributed by atoms with van der Waals surface area (Å²) in [4.78, 5) is 19.1. The van der Waals surface area contributed by atoms with E-state index in [-0.39, 0.29) is 23.1 Å². The summed E-state index contributed by atoms with van der Waals surface area (Å²) in [6.07, 6.45) is 3.41. The number of methoxy groups -OCH3 is 1. The summed E-state index contributed by atoms with van der Waals surface area (Å²) >= 11 is 0. The zero-order valence-corrected chi connectivity index (χ0v) is 11.3. The van der Waals surface area contributed by atoms with Gasteiger partial charge in [0.05, 0.1) is 31.0 Å². The molecule has 1 fully saturated rings. The van der Waals surface area contributed by atoms with Crippen LogP contribution in [0.15, 0.2) is 12.4 Å². The van der Waals surface area contributed by atoms with E-state index in [0.29, 0.717) is 18.8 Å². The van der Waals surface area contributed by atoms with Gasteiger partial charge in [0.15, 0.2) is 15.5 Å². The molecule has 2 heterocycles. The molecule has 0 amide bonds. The summed E-state index contributed by atoms with van der Waals surface area (Å²) in [7, 11) is -1.58. The highest BCUT2D eigenvalue weighted by atomic mass is 32.2. The highest BCUT2D eigenvalue weighted by Crippen LogP contribution is 2.18. The quantitative estimate of drug-likeness (QED) is 0.784. The van der Waals surface area contributed by atoms with E-state index in [1.54, 1.807) is 0 Å². The number of anilines is 1. The summed E-state index contributed by atoms with van der Waals surface area (Å²) in [5.41, 5.74) is 0.136. The maximum absolute atomic E-state index is 11.3. The number of hydrogen-bond donors (Lipinski definition) is 1. The number of nitrogens with zero attached hydrogens (tertiary/aromatic N) is 2. The number of esters is 1. The molecule has 1 aromatic heterocycles. The summed E-state index contributed by atoms with van der Waals surface area (Å²) in [5.74, 6) is 0.546. The maximum Gasteiger partial charge on any atom is 0.358 e. The van der Waals surface area contributed by atoms with Crippen LogP contribution in [-0.2, 0) is 14.6 Å². The molecule has 0 saturated carbocycles. The van der Waals surface area contributed by atoms with Crippen molar-refractivity contribution in [1.82, 2.24) is 9.97 Å². The molecule has 1 aromatic rings. The lowest BCUT2D eigenvalue weighted by molar-refractivity contribution is 0.0593. The first-order valence-corrected chi connectivity index (χ1v) is 7.67. The Hall–Kier alpha value is -1.70. The molecule has 19 heavy (non-hydrogen) atoms. The third-order valence-electron chi connectivity index (χ3n) is 2.94. The second-order valence-corrected chi connectivity index (χ2v) is 6.66. The first-order valence-electron chi connectivity index (χ1n) is 5.85. The number of nitrogens with one attached hydrogen (secondary N) is 1. The standard InChI is InChI=1S/C11H15N3O4S/c1-18-11(15)9-5-14-10(6-12-9)13-4-8-2-3-19(16,17)7-8/h5-6,8H,2-4,7H2,1H3,(H,13,14). The zero-order valence-electron chi connectivity index (χ0n) is 10.5. The molecule has 8 heteroatoms. The fraction of sp³-hybridized carbons (Fsp3) is 0.545. The van der Waals surface area contributed by atoms with Crippen molar-refractivity contribution >= 4 is 21.6 Å². The second kappa shape index (κ2) is 5.52. The molecular weight excluding hydrogens is 270 g/mol. The molecule has 0 radical (unpaired) electrons. The van der Waals surface area contributed by atoms with Crippen LogP contribution in [0.2, 0.25) is 0 Å². The van der Waals surface area contributed by atoms with Gasteiger partial charge in [-0.3, -0.25) is 0 Å². The van der Waals surface area contributed by atoms with Crippen LogP contribution >= 0.6 is 0 Å². The van der Waals surface area contributed by atoms with Crippen molar-refractivity contribution in [3.63, 3.8) is 0 Å². The Bertz CT molecular complexity index is 556. The van der Waals surface area contributed by atoms with Gasteiger partial charge in [-0.15, -0.1) is 0 Å². The lowest BCUT2D eigenvalue weighted by Gasteiger charge is -2.09. The molecule has 0 bridgehead atoms. The van der Waals surface area contributed by atoms with Crippen LogP contribution in [0, 0.1) is 5.92 Å². The monoisotopic (exact) mass is 285 g/mol. The van der Waals surface area contributed by atoms with Gasteiger partial charge in [0.25, 0.3) is 0 Å². The fourth-order valence-corrected chi connectivity index (χ4v) is 3.77. The number of sulfone groups is 1. The minimum absolute atomic E-state index is 0.104. The molecule has 1 unspecified atom stereocenters. The van der Waals surface area contributed by atoms with E-state index in [4.69, 9.17) is 0 Å². The van der Waals surface area contributed by atoms with Gasteiger partial charge >= 0.3 is 5.97 Å². The van der Waals surface area contributed by atoms with Crippen LogP contribution in [0.4, 0.5) is 5.82 Å². The molecule has 1 aliphatic rings. The summed E-state index contributed by atoms with van der Waals surface area (Å²) in [6.45, 7) is 0.533. The zero-order chi connectivity index (χ0) is 13.9. The van der Waals surface area contributed by atoms with E-state index < -0.39 is 15.8 Å². The average molecular weight is 285 g/mol. The number of carbonyl (C=O) groups is 1. The Kier molecular flexibility index (Phi) is 3.98. The second-order valence-electron chi connectivity index (χ2n) is 4.43. The Labute approximate surface area is 111 Å². The van der Waals surface area contributed by atoms with Gasteiger partial charge in [-0.25, -0.2) is 23.2 Å². The molecular formula is C11H15N3O4S. The van der Waals surface area contributed by atoms with Crippen molar-refractivity contribution in [3.05, 3.63) is 18.1 Å². The Morgan fingerprint density at radius 3 is 2.79 bits per heavy atom. The minimum Gasteiger partial charge on any atom is -0.464 e. The molecule has 1 saturated heterocycles. The van der Waals surface area contributed by atoms with Crippen LogP contribution in [0.3, 0.4) is 0 Å². The molecule has 7 nitrogen and oxygen atoms in total. The van der Waals surface area contributed by atoms with Gasteiger partial charge in [0, 0.05) is 6.54 Å². The highest BCUT2D eigenvalue weighted by molar-refractivity contribution is 7.91. The van der Waals surface area contributed by atoms with Crippen molar-refractivity contribution in [2.75, 3.05) is 30.5 Å². The summed E-state index contributed by atoms with van der Waals surface area (Å²) < 4.78 is 27.1.